The fourth-order valence-corrected chi connectivity index (χ4v) is 1.35. The van der Waals surface area contributed by atoms with Crippen molar-refractivity contribution < 1.29 is 9.53 Å². The van der Waals surface area contributed by atoms with Crippen LogP contribution in [0.15, 0.2) is 36.7 Å². The van der Waals surface area contributed by atoms with Crippen LogP contribution in [-0.4, -0.2) is 23.4 Å². The molecule has 0 saturated heterocycles. The van der Waals surface area contributed by atoms with Crippen molar-refractivity contribution in [3.63, 3.8) is 0 Å². The van der Waals surface area contributed by atoms with Crippen LogP contribution in [0.3, 0.4) is 0 Å². The molecule has 4 heteroatoms. The Labute approximate surface area is 92.9 Å². The van der Waals surface area contributed by atoms with E-state index in [1.165, 1.54) is 0 Å². The highest BCUT2D eigenvalue weighted by atomic mass is 16.5. The van der Waals surface area contributed by atoms with Gasteiger partial charge >= 0.3 is 0 Å². The van der Waals surface area contributed by atoms with E-state index in [-0.39, 0.29) is 0 Å². The van der Waals surface area contributed by atoms with Crippen LogP contribution >= 0.6 is 0 Å². The van der Waals surface area contributed by atoms with Crippen molar-refractivity contribution in [2.45, 2.75) is 0 Å². The number of carbonyl (C=O) groups excluding carboxylic acids is 1. The maximum atomic E-state index is 10.5. The summed E-state index contributed by atoms with van der Waals surface area (Å²) in [4.78, 5) is 18.5. The zero-order valence-electron chi connectivity index (χ0n) is 8.75. The van der Waals surface area contributed by atoms with Gasteiger partial charge in [-0.25, -0.2) is 4.98 Å². The smallest absolute Gasteiger partial charge is 0.213 e. The molecule has 0 bridgehead atoms. The van der Waals surface area contributed by atoms with Gasteiger partial charge in [0.15, 0.2) is 6.29 Å². The molecule has 0 aliphatic heterocycles. The van der Waals surface area contributed by atoms with Crippen molar-refractivity contribution in [3.05, 3.63) is 42.4 Å². The Morgan fingerprint density at radius 2 is 2.06 bits per heavy atom. The molecule has 0 aromatic carbocycles. The molecule has 0 aliphatic rings. The van der Waals surface area contributed by atoms with E-state index >= 15 is 0 Å². The number of hydrogen-bond donors (Lipinski definition) is 0. The molecule has 0 spiro atoms. The van der Waals surface area contributed by atoms with Gasteiger partial charge in [0, 0.05) is 24.0 Å². The van der Waals surface area contributed by atoms with Gasteiger partial charge in [-0.2, -0.15) is 0 Å². The van der Waals surface area contributed by atoms with Crippen LogP contribution < -0.4 is 4.74 Å². The summed E-state index contributed by atoms with van der Waals surface area (Å²) >= 11 is 0. The summed E-state index contributed by atoms with van der Waals surface area (Å²) in [6.07, 6.45) is 4.04. The summed E-state index contributed by atoms with van der Waals surface area (Å²) in [5.74, 6) is 0.553. The molecule has 16 heavy (non-hydrogen) atoms. The number of methoxy groups -OCH3 is 1. The molecular formula is C12H10N2O2. The molecule has 4 nitrogen and oxygen atoms in total. The Bertz CT molecular complexity index is 495. The van der Waals surface area contributed by atoms with E-state index in [1.807, 2.05) is 18.2 Å². The maximum Gasteiger partial charge on any atom is 0.213 e. The second-order valence-corrected chi connectivity index (χ2v) is 3.18. The lowest BCUT2D eigenvalue weighted by atomic mass is 10.1. The second-order valence-electron chi connectivity index (χ2n) is 3.18. The third-order valence-corrected chi connectivity index (χ3v) is 2.18. The Kier molecular flexibility index (Phi) is 2.91. The van der Waals surface area contributed by atoms with Crippen LogP contribution in [0.25, 0.3) is 11.1 Å². The lowest BCUT2D eigenvalue weighted by molar-refractivity contribution is 0.111. The highest BCUT2D eigenvalue weighted by molar-refractivity contribution is 5.73. The molecule has 0 radical (unpaired) electrons. The quantitative estimate of drug-likeness (QED) is 0.733. The molecule has 2 rings (SSSR count). The monoisotopic (exact) mass is 214 g/mol. The van der Waals surface area contributed by atoms with E-state index in [2.05, 4.69) is 9.97 Å². The summed E-state index contributed by atoms with van der Waals surface area (Å²) in [6.45, 7) is 0. The molecule has 0 saturated carbocycles. The van der Waals surface area contributed by atoms with Crippen LogP contribution in [0.5, 0.6) is 5.88 Å². The van der Waals surface area contributed by atoms with Gasteiger partial charge < -0.3 is 4.74 Å². The first-order valence-corrected chi connectivity index (χ1v) is 4.75. The third kappa shape index (κ3) is 2.06. The molecular weight excluding hydrogens is 204 g/mol. The first-order chi connectivity index (χ1) is 7.83. The second kappa shape index (κ2) is 4.53. The molecule has 0 unspecified atom stereocenters. The number of hydrogen-bond acceptors (Lipinski definition) is 4. The topological polar surface area (TPSA) is 52.1 Å². The fourth-order valence-electron chi connectivity index (χ4n) is 1.35. The van der Waals surface area contributed by atoms with E-state index in [1.54, 1.807) is 25.6 Å². The van der Waals surface area contributed by atoms with Gasteiger partial charge in [0.05, 0.1) is 7.11 Å². The number of aromatic nitrogens is 2. The van der Waals surface area contributed by atoms with Gasteiger partial charge in [0.1, 0.15) is 5.69 Å². The van der Waals surface area contributed by atoms with E-state index in [9.17, 15) is 4.79 Å². The predicted octanol–water partition coefficient (Wildman–Crippen LogP) is 1.96. The maximum absolute atomic E-state index is 10.5. The first-order valence-electron chi connectivity index (χ1n) is 4.75. The van der Waals surface area contributed by atoms with Crippen LogP contribution in [-0.2, 0) is 0 Å². The average Bonchev–Trinajstić information content (AvgIpc) is 2.39. The summed E-state index contributed by atoms with van der Waals surface area (Å²) in [7, 11) is 1.57. The van der Waals surface area contributed by atoms with Crippen LogP contribution in [0.1, 0.15) is 10.5 Å². The van der Waals surface area contributed by atoms with Crippen LogP contribution in [0.2, 0.25) is 0 Å². The molecule has 0 amide bonds. The van der Waals surface area contributed by atoms with Gasteiger partial charge in [-0.3, -0.25) is 9.78 Å². The summed E-state index contributed by atoms with van der Waals surface area (Å²) < 4.78 is 5.03. The van der Waals surface area contributed by atoms with Crippen molar-refractivity contribution in [2.24, 2.45) is 0 Å². The Hall–Kier alpha value is -2.23. The number of carbonyl (C=O) groups is 1. The molecule has 2 aromatic rings. The minimum atomic E-state index is 0.421. The molecule has 0 atom stereocenters. The number of aldehydes is 1. The molecule has 0 N–H and O–H groups in total. The summed E-state index contributed by atoms with van der Waals surface area (Å²) in [6, 6.07) is 7.19. The predicted molar refractivity (Wildman–Crippen MR) is 59.4 cm³/mol. The molecule has 0 aliphatic carbocycles. The average molecular weight is 214 g/mol. The Morgan fingerprint density at radius 3 is 2.69 bits per heavy atom. The van der Waals surface area contributed by atoms with Gasteiger partial charge in [0.25, 0.3) is 0 Å². The van der Waals surface area contributed by atoms with Gasteiger partial charge in [-0.1, -0.05) is 6.07 Å². The highest BCUT2D eigenvalue weighted by Crippen LogP contribution is 2.20. The first kappa shape index (κ1) is 10.3. The van der Waals surface area contributed by atoms with Crippen molar-refractivity contribution in [2.75, 3.05) is 7.11 Å². The Balaban J connectivity index is 2.38. The molecule has 0 fully saturated rings. The standard InChI is InChI=1S/C12H10N2O2/c1-16-12-6-9(4-5-13-12)10-2-3-11(8-15)14-7-10/h2-8H,1H3. The molecule has 2 aromatic heterocycles. The van der Waals surface area contributed by atoms with E-state index in [0.717, 1.165) is 17.4 Å². The SMILES string of the molecule is COc1cc(-c2ccc(C=O)nc2)ccn1. The minimum absolute atomic E-state index is 0.421. The largest absolute Gasteiger partial charge is 0.481 e. The zero-order valence-corrected chi connectivity index (χ0v) is 8.75. The number of pyridine rings is 2. The van der Waals surface area contributed by atoms with Crippen molar-refractivity contribution >= 4 is 6.29 Å². The lowest BCUT2D eigenvalue weighted by Crippen LogP contribution is -1.89. The fraction of sp³-hybridized carbons (Fsp3) is 0.0833. The van der Waals surface area contributed by atoms with E-state index in [4.69, 9.17) is 4.74 Å². The van der Waals surface area contributed by atoms with Gasteiger partial charge in [-0.15, -0.1) is 0 Å². The number of rotatable bonds is 3. The summed E-state index contributed by atoms with van der Waals surface area (Å²) in [5, 5.41) is 0. The normalized spacial score (nSPS) is 9.81. The van der Waals surface area contributed by atoms with Gasteiger partial charge in [0.2, 0.25) is 5.88 Å². The van der Waals surface area contributed by atoms with Crippen LogP contribution in [0.4, 0.5) is 0 Å². The minimum Gasteiger partial charge on any atom is -0.481 e. The highest BCUT2D eigenvalue weighted by Gasteiger charge is 2.01. The van der Waals surface area contributed by atoms with Gasteiger partial charge in [-0.05, 0) is 17.7 Å². The van der Waals surface area contributed by atoms with E-state index in [0.29, 0.717) is 11.6 Å². The Morgan fingerprint density at radius 1 is 1.19 bits per heavy atom. The van der Waals surface area contributed by atoms with Crippen LogP contribution in [0, 0.1) is 0 Å². The zero-order chi connectivity index (χ0) is 11.4. The molecule has 2 heterocycles. The van der Waals surface area contributed by atoms with Crippen molar-refractivity contribution in [1.29, 1.82) is 0 Å². The van der Waals surface area contributed by atoms with Crippen molar-refractivity contribution in [3.8, 4) is 17.0 Å². The number of nitrogens with zero attached hydrogens (tertiary/aromatic N) is 2. The molecule has 80 valence electrons. The third-order valence-electron chi connectivity index (χ3n) is 2.18. The lowest BCUT2D eigenvalue weighted by Gasteiger charge is -2.03. The van der Waals surface area contributed by atoms with Crippen molar-refractivity contribution in [1.82, 2.24) is 9.97 Å². The number of ether oxygens (including phenoxy) is 1. The summed E-state index contributed by atoms with van der Waals surface area (Å²) in [5.41, 5.74) is 2.30. The van der Waals surface area contributed by atoms with E-state index < -0.39 is 0 Å².